The summed E-state index contributed by atoms with van der Waals surface area (Å²) in [7, 11) is 0. The van der Waals surface area contributed by atoms with E-state index in [1.807, 2.05) is 0 Å². The van der Waals surface area contributed by atoms with E-state index >= 15 is 0 Å². The lowest BCUT2D eigenvalue weighted by atomic mass is 10.0. The van der Waals surface area contributed by atoms with Gasteiger partial charge in [0.1, 0.15) is 5.82 Å². The molecule has 2 rings (SSSR count). The van der Waals surface area contributed by atoms with Crippen LogP contribution in [0.25, 0.3) is 0 Å². The molecule has 0 fully saturated rings. The summed E-state index contributed by atoms with van der Waals surface area (Å²) in [6.45, 7) is 4.11. The summed E-state index contributed by atoms with van der Waals surface area (Å²) in [6.07, 6.45) is 2.37. The van der Waals surface area contributed by atoms with Crippen LogP contribution >= 0.6 is 11.8 Å². The van der Waals surface area contributed by atoms with Crippen LogP contribution < -0.4 is 5.32 Å². The summed E-state index contributed by atoms with van der Waals surface area (Å²) >= 11 is 1.67. The van der Waals surface area contributed by atoms with E-state index in [1.165, 1.54) is 17.0 Å². The van der Waals surface area contributed by atoms with Crippen molar-refractivity contribution in [3.8, 4) is 0 Å². The third-order valence-electron chi connectivity index (χ3n) is 3.32. The van der Waals surface area contributed by atoms with Crippen LogP contribution in [0.4, 0.5) is 9.18 Å². The number of fused-ring (bicyclic) bond motifs is 1. The molecule has 0 saturated carbocycles. The molecule has 0 radical (unpaired) electrons. The molecule has 4 nitrogen and oxygen atoms in total. The Hall–Kier alpha value is -1.53. The summed E-state index contributed by atoms with van der Waals surface area (Å²) < 4.78 is 13.4. The lowest BCUT2D eigenvalue weighted by molar-refractivity contribution is 0.180. The van der Waals surface area contributed by atoms with Crippen LogP contribution in [0.15, 0.2) is 35.7 Å². The van der Waals surface area contributed by atoms with Crippen LogP contribution in [0.3, 0.4) is 0 Å². The lowest BCUT2D eigenvalue weighted by Gasteiger charge is -2.29. The zero-order valence-electron chi connectivity index (χ0n) is 11.7. The highest BCUT2D eigenvalue weighted by atomic mass is 32.2. The number of nitrogens with zero attached hydrogens (tertiary/aromatic N) is 1. The van der Waals surface area contributed by atoms with E-state index in [2.05, 4.69) is 11.9 Å². The predicted octanol–water partition coefficient (Wildman–Crippen LogP) is 2.55. The molecular formula is C15H19FN2O2S. The average molecular weight is 310 g/mol. The molecule has 0 aliphatic carbocycles. The number of aliphatic hydroxyl groups excluding tert-OH is 1. The van der Waals surface area contributed by atoms with E-state index in [4.69, 9.17) is 5.11 Å². The van der Waals surface area contributed by atoms with Gasteiger partial charge in [-0.25, -0.2) is 9.18 Å². The van der Waals surface area contributed by atoms with Gasteiger partial charge in [0.2, 0.25) is 0 Å². The molecule has 1 heterocycles. The van der Waals surface area contributed by atoms with Gasteiger partial charge in [-0.05, 0) is 30.2 Å². The molecule has 1 aromatic carbocycles. The van der Waals surface area contributed by atoms with Crippen molar-refractivity contribution >= 4 is 17.8 Å². The van der Waals surface area contributed by atoms with E-state index in [9.17, 15) is 9.18 Å². The van der Waals surface area contributed by atoms with E-state index in [0.29, 0.717) is 6.54 Å². The van der Waals surface area contributed by atoms with E-state index < -0.39 is 0 Å². The van der Waals surface area contributed by atoms with Gasteiger partial charge in [-0.3, -0.25) is 0 Å². The minimum atomic E-state index is -0.297. The molecule has 1 aliphatic rings. The molecule has 6 heteroatoms. The molecule has 1 atom stereocenters. The van der Waals surface area contributed by atoms with E-state index in [-0.39, 0.29) is 31.0 Å². The van der Waals surface area contributed by atoms with Gasteiger partial charge in [0.15, 0.2) is 0 Å². The quantitative estimate of drug-likeness (QED) is 0.822. The molecule has 0 bridgehead atoms. The SMILES string of the molecule is C=CCN(CCO)C(=O)NC1CCSc2ccc(F)cc21. The van der Waals surface area contributed by atoms with Gasteiger partial charge in [-0.1, -0.05) is 6.08 Å². The molecule has 0 aromatic heterocycles. The van der Waals surface area contributed by atoms with Crippen molar-refractivity contribution in [3.05, 3.63) is 42.2 Å². The second-order valence-electron chi connectivity index (χ2n) is 4.78. The van der Waals surface area contributed by atoms with Crippen molar-refractivity contribution in [1.29, 1.82) is 0 Å². The monoisotopic (exact) mass is 310 g/mol. The van der Waals surface area contributed by atoms with Gasteiger partial charge < -0.3 is 15.3 Å². The van der Waals surface area contributed by atoms with Crippen molar-refractivity contribution in [2.45, 2.75) is 17.4 Å². The lowest BCUT2D eigenvalue weighted by Crippen LogP contribution is -2.43. The first-order valence-electron chi connectivity index (χ1n) is 6.85. The highest BCUT2D eigenvalue weighted by molar-refractivity contribution is 7.99. The van der Waals surface area contributed by atoms with Crippen LogP contribution in [0, 0.1) is 5.82 Å². The number of aliphatic hydroxyl groups is 1. The number of benzene rings is 1. The second kappa shape index (κ2) is 7.47. The fraction of sp³-hybridized carbons (Fsp3) is 0.400. The number of urea groups is 1. The highest BCUT2D eigenvalue weighted by Crippen LogP contribution is 2.36. The number of carbonyl (C=O) groups excluding carboxylic acids is 1. The molecule has 2 N–H and O–H groups in total. The number of hydrogen-bond donors (Lipinski definition) is 2. The highest BCUT2D eigenvalue weighted by Gasteiger charge is 2.24. The maximum absolute atomic E-state index is 13.4. The normalized spacial score (nSPS) is 17.0. The van der Waals surface area contributed by atoms with Gasteiger partial charge >= 0.3 is 6.03 Å². The first-order valence-corrected chi connectivity index (χ1v) is 7.83. The smallest absolute Gasteiger partial charge is 0.318 e. The van der Waals surface area contributed by atoms with Crippen LogP contribution in [-0.2, 0) is 0 Å². The Labute approximate surface area is 128 Å². The molecule has 1 unspecified atom stereocenters. The van der Waals surface area contributed by atoms with Crippen LogP contribution in [0.2, 0.25) is 0 Å². The maximum atomic E-state index is 13.4. The third-order valence-corrected chi connectivity index (χ3v) is 4.44. The minimum absolute atomic E-state index is 0.104. The number of carbonyl (C=O) groups is 1. The Morgan fingerprint density at radius 3 is 3.14 bits per heavy atom. The summed E-state index contributed by atoms with van der Waals surface area (Å²) in [5, 5.41) is 11.9. The summed E-state index contributed by atoms with van der Waals surface area (Å²) in [4.78, 5) is 14.7. The van der Waals surface area contributed by atoms with Gasteiger partial charge in [0.25, 0.3) is 0 Å². The Kier molecular flexibility index (Phi) is 5.64. The number of amides is 2. The Bertz CT molecular complexity index is 524. The second-order valence-corrected chi connectivity index (χ2v) is 5.92. The Morgan fingerprint density at radius 1 is 1.62 bits per heavy atom. The molecule has 2 amide bonds. The molecular weight excluding hydrogens is 291 g/mol. The van der Waals surface area contributed by atoms with Gasteiger partial charge in [-0.2, -0.15) is 0 Å². The number of nitrogens with one attached hydrogen (secondary N) is 1. The topological polar surface area (TPSA) is 52.6 Å². The van der Waals surface area contributed by atoms with Crippen LogP contribution in [0.5, 0.6) is 0 Å². The standard InChI is InChI=1S/C15H19FN2O2S/c1-2-6-18(7-8-19)15(20)17-13-5-9-21-14-4-3-11(16)10-12(13)14/h2-4,10,13,19H,1,5-9H2,(H,17,20). The predicted molar refractivity (Wildman–Crippen MR) is 81.9 cm³/mol. The van der Waals surface area contributed by atoms with E-state index in [1.54, 1.807) is 23.9 Å². The van der Waals surface area contributed by atoms with Crippen molar-refractivity contribution < 1.29 is 14.3 Å². The molecule has 0 saturated heterocycles. The minimum Gasteiger partial charge on any atom is -0.395 e. The van der Waals surface area contributed by atoms with Crippen molar-refractivity contribution in [1.82, 2.24) is 10.2 Å². The summed E-state index contributed by atoms with van der Waals surface area (Å²) in [5.74, 6) is 0.583. The molecule has 0 spiro atoms. The summed E-state index contributed by atoms with van der Waals surface area (Å²) in [6, 6.07) is 4.21. The first-order chi connectivity index (χ1) is 10.2. The van der Waals surface area contributed by atoms with Crippen molar-refractivity contribution in [3.63, 3.8) is 0 Å². The Morgan fingerprint density at radius 2 is 2.43 bits per heavy atom. The zero-order chi connectivity index (χ0) is 15.2. The number of halogens is 1. The van der Waals surface area contributed by atoms with Gasteiger partial charge in [0, 0.05) is 23.7 Å². The number of hydrogen-bond acceptors (Lipinski definition) is 3. The molecule has 21 heavy (non-hydrogen) atoms. The number of thioether (sulfide) groups is 1. The van der Waals surface area contributed by atoms with Crippen LogP contribution in [0.1, 0.15) is 18.0 Å². The number of rotatable bonds is 5. The molecule has 114 valence electrons. The largest absolute Gasteiger partial charge is 0.395 e. The fourth-order valence-corrected chi connectivity index (χ4v) is 3.41. The average Bonchev–Trinajstić information content (AvgIpc) is 2.47. The molecule has 1 aliphatic heterocycles. The van der Waals surface area contributed by atoms with Crippen molar-refractivity contribution in [2.24, 2.45) is 0 Å². The summed E-state index contributed by atoms with van der Waals surface area (Å²) in [5.41, 5.74) is 0.821. The van der Waals surface area contributed by atoms with Crippen molar-refractivity contribution in [2.75, 3.05) is 25.4 Å². The van der Waals surface area contributed by atoms with Gasteiger partial charge in [0.05, 0.1) is 12.6 Å². The maximum Gasteiger partial charge on any atom is 0.318 e. The Balaban J connectivity index is 2.11. The fourth-order valence-electron chi connectivity index (χ4n) is 2.31. The van der Waals surface area contributed by atoms with E-state index in [0.717, 1.165) is 22.6 Å². The first kappa shape index (κ1) is 15.9. The van der Waals surface area contributed by atoms with Crippen LogP contribution in [-0.4, -0.2) is 41.5 Å². The zero-order valence-corrected chi connectivity index (χ0v) is 12.5. The molecule has 1 aromatic rings. The van der Waals surface area contributed by atoms with Gasteiger partial charge in [-0.15, -0.1) is 18.3 Å². The third kappa shape index (κ3) is 3.98.